The van der Waals surface area contributed by atoms with E-state index in [9.17, 15) is 4.79 Å². The molecule has 35 heavy (non-hydrogen) atoms. The number of allylic oxidation sites excluding steroid dienone is 2. The van der Waals surface area contributed by atoms with Gasteiger partial charge in [-0.2, -0.15) is 5.10 Å². The average molecular weight is 502 g/mol. The van der Waals surface area contributed by atoms with E-state index in [0.29, 0.717) is 23.6 Å². The Balaban J connectivity index is 1.23. The number of nitrogens with one attached hydrogen (secondary N) is 2. The van der Waals surface area contributed by atoms with Gasteiger partial charge in [-0.05, 0) is 65.8 Å². The van der Waals surface area contributed by atoms with Gasteiger partial charge in [-0.25, -0.2) is 5.43 Å². The van der Waals surface area contributed by atoms with Crippen molar-refractivity contribution < 1.29 is 4.79 Å². The summed E-state index contributed by atoms with van der Waals surface area (Å²) in [7, 11) is 0. The van der Waals surface area contributed by atoms with E-state index in [-0.39, 0.29) is 5.91 Å². The highest BCUT2D eigenvalue weighted by Gasteiger charge is 2.37. The van der Waals surface area contributed by atoms with Crippen LogP contribution in [0.5, 0.6) is 0 Å². The van der Waals surface area contributed by atoms with Gasteiger partial charge in [0, 0.05) is 22.4 Å². The molecule has 0 fully saturated rings. The first-order chi connectivity index (χ1) is 17.1. The second-order valence-corrected chi connectivity index (χ2v) is 10.5. The second kappa shape index (κ2) is 10.7. The van der Waals surface area contributed by atoms with Gasteiger partial charge in [-0.1, -0.05) is 72.3 Å². The number of nitrogens with zero attached hydrogens (tertiary/aromatic N) is 1. The minimum atomic E-state index is -0.104. The predicted octanol–water partition coefficient (Wildman–Crippen LogP) is 6.94. The lowest BCUT2D eigenvalue weighted by Gasteiger charge is -2.37. The van der Waals surface area contributed by atoms with E-state index in [1.54, 1.807) is 11.8 Å². The van der Waals surface area contributed by atoms with Crippen molar-refractivity contribution in [3.05, 3.63) is 112 Å². The number of halogens is 1. The van der Waals surface area contributed by atoms with Crippen LogP contribution in [0, 0.1) is 5.92 Å². The van der Waals surface area contributed by atoms with Crippen LogP contribution in [0.15, 0.2) is 90.0 Å². The number of rotatable bonds is 7. The molecule has 178 valence electrons. The van der Waals surface area contributed by atoms with Crippen LogP contribution in [-0.2, 0) is 10.5 Å². The maximum Gasteiger partial charge on any atom is 0.250 e. The monoisotopic (exact) mass is 501 g/mol. The van der Waals surface area contributed by atoms with Crippen LogP contribution in [0.4, 0.5) is 5.69 Å². The molecule has 2 N–H and O–H groups in total. The van der Waals surface area contributed by atoms with Crippen molar-refractivity contribution >= 4 is 40.7 Å². The van der Waals surface area contributed by atoms with E-state index in [1.807, 2.05) is 31.2 Å². The lowest BCUT2D eigenvalue weighted by molar-refractivity contribution is -0.118. The van der Waals surface area contributed by atoms with E-state index >= 15 is 0 Å². The predicted molar refractivity (Wildman–Crippen MR) is 147 cm³/mol. The van der Waals surface area contributed by atoms with Crippen molar-refractivity contribution in [2.24, 2.45) is 11.0 Å². The Labute approximate surface area is 215 Å². The summed E-state index contributed by atoms with van der Waals surface area (Å²) in [6.45, 7) is 1.94. The molecule has 0 saturated heterocycles. The fourth-order valence-corrected chi connectivity index (χ4v) is 5.80. The molecule has 1 aliphatic carbocycles. The minimum Gasteiger partial charge on any atom is -0.378 e. The number of fused-ring (bicyclic) bond motifs is 3. The molecule has 3 atom stereocenters. The molecule has 2 aliphatic rings. The van der Waals surface area contributed by atoms with Crippen LogP contribution >= 0.6 is 23.4 Å². The van der Waals surface area contributed by atoms with Crippen molar-refractivity contribution in [2.45, 2.75) is 31.1 Å². The van der Waals surface area contributed by atoms with E-state index in [4.69, 9.17) is 11.6 Å². The molecule has 6 heteroatoms. The number of hydrogen-bond acceptors (Lipinski definition) is 4. The highest BCUT2D eigenvalue weighted by molar-refractivity contribution is 7.99. The number of benzene rings is 3. The first-order valence-electron chi connectivity index (χ1n) is 11.9. The first-order valence-corrected chi connectivity index (χ1v) is 13.4. The maximum absolute atomic E-state index is 12.3. The Hall–Kier alpha value is -3.02. The molecule has 3 aromatic rings. The molecule has 0 bridgehead atoms. The Morgan fingerprint density at radius 1 is 1.11 bits per heavy atom. The number of hydrogen-bond donors (Lipinski definition) is 2. The van der Waals surface area contributed by atoms with E-state index in [0.717, 1.165) is 34.0 Å². The number of amides is 1. The molecule has 0 saturated carbocycles. The minimum absolute atomic E-state index is 0.104. The van der Waals surface area contributed by atoms with Gasteiger partial charge in [0.05, 0.1) is 17.5 Å². The van der Waals surface area contributed by atoms with Crippen molar-refractivity contribution in [3.8, 4) is 0 Å². The third-order valence-corrected chi connectivity index (χ3v) is 7.96. The summed E-state index contributed by atoms with van der Waals surface area (Å²) in [5.74, 6) is 1.87. The Kier molecular flexibility index (Phi) is 7.26. The molecule has 0 unspecified atom stereocenters. The summed E-state index contributed by atoms with van der Waals surface area (Å²) in [4.78, 5) is 12.3. The summed E-state index contributed by atoms with van der Waals surface area (Å²) in [6.07, 6.45) is 5.71. The summed E-state index contributed by atoms with van der Waals surface area (Å²) in [5.41, 5.74) is 9.47. The zero-order valence-corrected chi connectivity index (χ0v) is 21.2. The molecule has 1 heterocycles. The van der Waals surface area contributed by atoms with Gasteiger partial charge < -0.3 is 5.32 Å². The number of carbonyl (C=O) groups excluding carboxylic acids is 1. The summed E-state index contributed by atoms with van der Waals surface area (Å²) < 4.78 is 0. The molecule has 1 aliphatic heterocycles. The molecule has 1 amide bonds. The lowest BCUT2D eigenvalue weighted by atomic mass is 9.76. The van der Waals surface area contributed by atoms with Crippen LogP contribution in [0.1, 0.15) is 47.6 Å². The third-order valence-electron chi connectivity index (χ3n) is 6.70. The maximum atomic E-state index is 12.3. The fourth-order valence-electron chi connectivity index (χ4n) is 4.90. The van der Waals surface area contributed by atoms with Gasteiger partial charge in [-0.15, -0.1) is 11.8 Å². The lowest BCUT2D eigenvalue weighted by Crippen LogP contribution is -2.29. The van der Waals surface area contributed by atoms with Gasteiger partial charge in [0.1, 0.15) is 0 Å². The standard InChI is InChI=1S/C29H28ClN3OS/c1-19(32-33-28(34)18-35-17-20-10-13-23(30)14-11-20)22-12-15-27-26(16-22)24-8-5-9-25(24)29(31-27)21-6-3-2-4-7-21/h2-8,10-16,24-25,29,31H,9,17-18H2,1H3,(H,33,34)/b32-19-/t24-,25+,29+/m1/s1. The molecule has 4 nitrogen and oxygen atoms in total. The molecular weight excluding hydrogens is 474 g/mol. The fraction of sp³-hybridized carbons (Fsp3) is 0.241. The summed E-state index contributed by atoms with van der Waals surface area (Å²) >= 11 is 7.48. The Morgan fingerprint density at radius 3 is 2.71 bits per heavy atom. The van der Waals surface area contributed by atoms with Crippen molar-refractivity contribution in [3.63, 3.8) is 0 Å². The van der Waals surface area contributed by atoms with Gasteiger partial charge in [0.2, 0.25) is 5.91 Å². The van der Waals surface area contributed by atoms with Crippen molar-refractivity contribution in [2.75, 3.05) is 11.1 Å². The first kappa shape index (κ1) is 23.7. The summed E-state index contributed by atoms with van der Waals surface area (Å²) in [6, 6.07) is 25.1. The Morgan fingerprint density at radius 2 is 1.91 bits per heavy atom. The topological polar surface area (TPSA) is 53.5 Å². The van der Waals surface area contributed by atoms with Crippen LogP contribution in [0.25, 0.3) is 0 Å². The second-order valence-electron chi connectivity index (χ2n) is 9.04. The molecule has 0 aromatic heterocycles. The summed E-state index contributed by atoms with van der Waals surface area (Å²) in [5, 5.41) is 8.87. The highest BCUT2D eigenvalue weighted by Crippen LogP contribution is 2.49. The smallest absolute Gasteiger partial charge is 0.250 e. The van der Waals surface area contributed by atoms with Crippen LogP contribution in [-0.4, -0.2) is 17.4 Å². The molecule has 3 aromatic carbocycles. The molecular formula is C29H28ClN3OS. The molecule has 0 radical (unpaired) electrons. The largest absolute Gasteiger partial charge is 0.378 e. The molecule has 5 rings (SSSR count). The van der Waals surface area contributed by atoms with Gasteiger partial charge in [0.25, 0.3) is 0 Å². The molecule has 0 spiro atoms. The SMILES string of the molecule is C/C(=N/NC(=O)CSCc1ccc(Cl)cc1)c1ccc2c(c1)[C@@H]1C=CC[C@@H]1[C@H](c1ccccc1)N2. The highest BCUT2D eigenvalue weighted by atomic mass is 35.5. The van der Waals surface area contributed by atoms with Crippen LogP contribution < -0.4 is 10.7 Å². The van der Waals surface area contributed by atoms with Crippen molar-refractivity contribution in [1.82, 2.24) is 5.43 Å². The number of thioether (sulfide) groups is 1. The normalized spacial score (nSPS) is 20.6. The van der Waals surface area contributed by atoms with E-state index in [1.165, 1.54) is 16.8 Å². The quantitative estimate of drug-likeness (QED) is 0.209. The van der Waals surface area contributed by atoms with Crippen LogP contribution in [0.2, 0.25) is 5.02 Å². The number of hydrazone groups is 1. The Bertz CT molecular complexity index is 1260. The van der Waals surface area contributed by atoms with Gasteiger partial charge in [-0.3, -0.25) is 4.79 Å². The number of carbonyl (C=O) groups is 1. The van der Waals surface area contributed by atoms with Crippen LogP contribution in [0.3, 0.4) is 0 Å². The van der Waals surface area contributed by atoms with Crippen molar-refractivity contribution in [1.29, 1.82) is 0 Å². The van der Waals surface area contributed by atoms with E-state index in [2.05, 4.69) is 76.5 Å². The zero-order valence-electron chi connectivity index (χ0n) is 19.6. The average Bonchev–Trinajstić information content (AvgIpc) is 3.39. The van der Waals surface area contributed by atoms with Gasteiger partial charge >= 0.3 is 0 Å². The third kappa shape index (κ3) is 5.47. The zero-order chi connectivity index (χ0) is 24.2. The van der Waals surface area contributed by atoms with E-state index < -0.39 is 0 Å². The number of anilines is 1. The van der Waals surface area contributed by atoms with Gasteiger partial charge in [0.15, 0.2) is 0 Å².